The average Bonchev–Trinajstić information content (AvgIpc) is 3.14. The third-order valence-corrected chi connectivity index (χ3v) is 6.53. The van der Waals surface area contributed by atoms with E-state index < -0.39 is 54.0 Å². The number of aliphatic hydroxyl groups is 1. The van der Waals surface area contributed by atoms with Crippen LogP contribution in [0, 0.1) is 6.92 Å². The van der Waals surface area contributed by atoms with E-state index in [1.54, 1.807) is 0 Å². The molecule has 28 heavy (non-hydrogen) atoms. The second-order valence-corrected chi connectivity index (χ2v) is 10.1. The molecule has 3 atom stereocenters. The van der Waals surface area contributed by atoms with Crippen LogP contribution in [0.3, 0.4) is 0 Å². The largest absolute Gasteiger partial charge is 0.469 e. The van der Waals surface area contributed by atoms with Crippen LogP contribution in [-0.2, 0) is 23.7 Å². The molecule has 3 heterocycles. The summed E-state index contributed by atoms with van der Waals surface area (Å²) in [4.78, 5) is 42.3. The number of nitrogens with zero attached hydrogens (tertiary/aromatic N) is 1. The van der Waals surface area contributed by atoms with Gasteiger partial charge in [-0.15, -0.1) is 0 Å². The molecule has 1 aromatic rings. The van der Waals surface area contributed by atoms with E-state index in [1.165, 1.54) is 13.1 Å². The number of aliphatic hydroxyl groups excluding tert-OH is 1. The number of aryl methyl sites for hydroxylation is 1. The van der Waals surface area contributed by atoms with Crippen molar-refractivity contribution in [3.8, 4) is 0 Å². The van der Waals surface area contributed by atoms with Crippen LogP contribution in [0.25, 0.3) is 0 Å². The van der Waals surface area contributed by atoms with E-state index in [2.05, 4.69) is 9.51 Å². The van der Waals surface area contributed by atoms with Crippen molar-refractivity contribution in [2.24, 2.45) is 0 Å². The predicted molar refractivity (Wildman–Crippen MR) is 96.5 cm³/mol. The van der Waals surface area contributed by atoms with Gasteiger partial charge in [-0.25, -0.2) is 17.8 Å². The number of H-pyrrole nitrogens is 1. The first-order valence-electron chi connectivity index (χ1n) is 8.44. The van der Waals surface area contributed by atoms with Crippen LogP contribution in [0.4, 0.5) is 0 Å². The highest BCUT2D eigenvalue weighted by atomic mass is 32.2. The monoisotopic (exact) mass is 442 g/mol. The number of rotatable bonds is 4. The standard InChI is InChI=1S/C10H15N2O8P.C4H8O2S/c1-5-3-12(10(15)11-9(5)14)8-2-6(13)7(20-8)4-19-21(16,17)18;5-7(6)3-1-2-4-7/h3,6-8,13H,2,4H2,1H3,(H,11,14,15)(H2,16,17,18);1-4H2/t6-,7+,8+;/m0./s1. The molecule has 12 nitrogen and oxygen atoms in total. The van der Waals surface area contributed by atoms with E-state index in [1.807, 2.05) is 0 Å². The highest BCUT2D eigenvalue weighted by Gasteiger charge is 2.37. The zero-order valence-corrected chi connectivity index (χ0v) is 16.8. The maximum absolute atomic E-state index is 11.7. The smallest absolute Gasteiger partial charge is 0.390 e. The molecule has 0 aromatic carbocycles. The lowest BCUT2D eigenvalue weighted by atomic mass is 10.2. The van der Waals surface area contributed by atoms with Gasteiger partial charge in [0.25, 0.3) is 5.56 Å². The minimum atomic E-state index is -4.67. The number of aromatic nitrogens is 2. The maximum Gasteiger partial charge on any atom is 0.469 e. The summed E-state index contributed by atoms with van der Waals surface area (Å²) in [5, 5.41) is 9.79. The normalized spacial score (nSPS) is 26.6. The van der Waals surface area contributed by atoms with Gasteiger partial charge < -0.3 is 19.6 Å². The van der Waals surface area contributed by atoms with E-state index >= 15 is 0 Å². The summed E-state index contributed by atoms with van der Waals surface area (Å²) in [7, 11) is -7.21. The second kappa shape index (κ2) is 8.99. The molecule has 2 aliphatic rings. The van der Waals surface area contributed by atoms with Crippen LogP contribution in [-0.4, -0.2) is 63.2 Å². The Hall–Kier alpha value is -1.34. The Morgan fingerprint density at radius 3 is 2.43 bits per heavy atom. The number of sulfone groups is 1. The number of hydrogen-bond donors (Lipinski definition) is 4. The van der Waals surface area contributed by atoms with Crippen molar-refractivity contribution < 1.29 is 37.1 Å². The van der Waals surface area contributed by atoms with Crippen molar-refractivity contribution in [2.75, 3.05) is 18.1 Å². The Bertz CT molecular complexity index is 938. The molecule has 4 N–H and O–H groups in total. The van der Waals surface area contributed by atoms with Crippen molar-refractivity contribution in [1.82, 2.24) is 9.55 Å². The molecule has 0 aliphatic carbocycles. The minimum absolute atomic E-state index is 0.0283. The third-order valence-electron chi connectivity index (χ3n) is 4.23. The Labute approximate surface area is 160 Å². The number of aromatic amines is 1. The van der Waals surface area contributed by atoms with E-state index in [0.717, 1.165) is 17.4 Å². The lowest BCUT2D eigenvalue weighted by molar-refractivity contribution is -0.0451. The van der Waals surface area contributed by atoms with Gasteiger partial charge in [0.15, 0.2) is 0 Å². The molecule has 0 spiro atoms. The summed E-state index contributed by atoms with van der Waals surface area (Å²) < 4.78 is 42.2. The summed E-state index contributed by atoms with van der Waals surface area (Å²) >= 11 is 0. The molecule has 0 unspecified atom stereocenters. The fourth-order valence-electron chi connectivity index (χ4n) is 2.75. The van der Waals surface area contributed by atoms with Gasteiger partial charge >= 0.3 is 13.5 Å². The quantitative estimate of drug-likeness (QED) is 0.413. The van der Waals surface area contributed by atoms with Gasteiger partial charge in [-0.05, 0) is 19.8 Å². The number of hydrogen-bond acceptors (Lipinski definition) is 8. The fraction of sp³-hybridized carbons (Fsp3) is 0.714. The average molecular weight is 442 g/mol. The van der Waals surface area contributed by atoms with Crippen LogP contribution in [0.1, 0.15) is 31.1 Å². The molecule has 0 radical (unpaired) electrons. The predicted octanol–water partition coefficient (Wildman–Crippen LogP) is -1.20. The number of nitrogens with one attached hydrogen (secondary N) is 1. The van der Waals surface area contributed by atoms with Gasteiger partial charge in [0.2, 0.25) is 0 Å². The second-order valence-electron chi connectivity index (χ2n) is 6.56. The first-order chi connectivity index (χ1) is 12.9. The summed E-state index contributed by atoms with van der Waals surface area (Å²) in [6.07, 6.45) is 0.187. The zero-order valence-electron chi connectivity index (χ0n) is 15.1. The van der Waals surface area contributed by atoms with Crippen LogP contribution < -0.4 is 11.2 Å². The number of phosphoric ester groups is 1. The maximum atomic E-state index is 11.7. The van der Waals surface area contributed by atoms with Crippen molar-refractivity contribution in [3.63, 3.8) is 0 Å². The minimum Gasteiger partial charge on any atom is -0.390 e. The van der Waals surface area contributed by atoms with E-state index in [4.69, 9.17) is 14.5 Å². The molecule has 3 rings (SSSR count). The molecule has 2 aliphatic heterocycles. The first kappa shape index (κ1) is 22.9. The molecule has 0 saturated carbocycles. The van der Waals surface area contributed by atoms with Gasteiger partial charge in [0, 0.05) is 18.2 Å². The molecule has 14 heteroatoms. The van der Waals surface area contributed by atoms with Crippen LogP contribution in [0.2, 0.25) is 0 Å². The number of ether oxygens (including phenoxy) is 1. The van der Waals surface area contributed by atoms with Gasteiger partial charge in [-0.3, -0.25) is 18.9 Å². The Balaban J connectivity index is 0.000000336. The van der Waals surface area contributed by atoms with Gasteiger partial charge in [-0.1, -0.05) is 0 Å². The van der Waals surface area contributed by atoms with E-state index in [0.29, 0.717) is 17.1 Å². The molecular formula is C14H23N2O10PS. The lowest BCUT2D eigenvalue weighted by Gasteiger charge is -2.16. The highest BCUT2D eigenvalue weighted by Crippen LogP contribution is 2.38. The molecule has 2 fully saturated rings. The van der Waals surface area contributed by atoms with E-state index in [-0.39, 0.29) is 6.42 Å². The lowest BCUT2D eigenvalue weighted by Crippen LogP contribution is -2.33. The molecule has 0 bridgehead atoms. The van der Waals surface area contributed by atoms with Crippen LogP contribution in [0.5, 0.6) is 0 Å². The van der Waals surface area contributed by atoms with Crippen LogP contribution >= 0.6 is 7.82 Å². The van der Waals surface area contributed by atoms with Gasteiger partial charge in [-0.2, -0.15) is 0 Å². The summed E-state index contributed by atoms with van der Waals surface area (Å²) in [6, 6.07) is 0. The molecule has 160 valence electrons. The number of phosphoric acid groups is 1. The SMILES string of the molecule is Cc1cn([C@H]2C[C@H](O)[C@@H](COP(=O)(O)O)O2)c(=O)[nH]c1=O.O=S1(=O)CCCC1. The molecule has 2 saturated heterocycles. The fourth-order valence-corrected chi connectivity index (χ4v) is 4.59. The van der Waals surface area contributed by atoms with Crippen molar-refractivity contribution >= 4 is 17.7 Å². The van der Waals surface area contributed by atoms with E-state index in [9.17, 15) is 27.7 Å². The molecule has 0 amide bonds. The zero-order chi connectivity index (χ0) is 21.1. The summed E-state index contributed by atoms with van der Waals surface area (Å²) in [5.74, 6) is 0.847. The Kier molecular flexibility index (Phi) is 7.37. The van der Waals surface area contributed by atoms with Gasteiger partial charge in [0.1, 0.15) is 22.2 Å². The summed E-state index contributed by atoms with van der Waals surface area (Å²) in [6.45, 7) is 0.994. The Morgan fingerprint density at radius 1 is 1.32 bits per heavy atom. The van der Waals surface area contributed by atoms with Gasteiger partial charge in [0.05, 0.1) is 24.2 Å². The topological polar surface area (TPSA) is 185 Å². The van der Waals surface area contributed by atoms with Crippen molar-refractivity contribution in [3.05, 3.63) is 32.6 Å². The third kappa shape index (κ3) is 6.62. The molecule has 1 aromatic heterocycles. The van der Waals surface area contributed by atoms with Crippen LogP contribution in [0.15, 0.2) is 15.8 Å². The summed E-state index contributed by atoms with van der Waals surface area (Å²) in [5.41, 5.74) is -0.918. The molecular weight excluding hydrogens is 419 g/mol. The Morgan fingerprint density at radius 2 is 1.93 bits per heavy atom. The highest BCUT2D eigenvalue weighted by molar-refractivity contribution is 7.91. The first-order valence-corrected chi connectivity index (χ1v) is 11.8. The van der Waals surface area contributed by atoms with Crippen molar-refractivity contribution in [2.45, 2.75) is 44.6 Å². The van der Waals surface area contributed by atoms with Crippen molar-refractivity contribution in [1.29, 1.82) is 0 Å².